The first-order chi connectivity index (χ1) is 13.4. The molecule has 1 aromatic heterocycles. The van der Waals surface area contributed by atoms with E-state index < -0.39 is 0 Å². The van der Waals surface area contributed by atoms with Gasteiger partial charge >= 0.3 is 5.97 Å². The van der Waals surface area contributed by atoms with Gasteiger partial charge in [0.1, 0.15) is 0 Å². The average molecular weight is 466 g/mol. The molecule has 28 heavy (non-hydrogen) atoms. The van der Waals surface area contributed by atoms with Gasteiger partial charge in [-0.15, -0.1) is 10.2 Å². The highest BCUT2D eigenvalue weighted by molar-refractivity contribution is 9.10. The lowest BCUT2D eigenvalue weighted by Crippen LogP contribution is -2.53. The van der Waals surface area contributed by atoms with Gasteiger partial charge in [-0.25, -0.2) is 0 Å². The molecule has 4 bridgehead atoms. The van der Waals surface area contributed by atoms with E-state index in [1.807, 2.05) is 12.1 Å². The molecule has 4 saturated carbocycles. The Balaban J connectivity index is 1.20. The van der Waals surface area contributed by atoms with Crippen LogP contribution in [0.15, 0.2) is 28.7 Å². The molecule has 2 aromatic rings. The maximum absolute atomic E-state index is 12.6. The largest absolute Gasteiger partial charge is 0.456 e. The SMILES string of the molecule is O=C(CC12CC3CC(CC(Br)(C3)C1)C2)OCc1nnc(-c2ccc(Cl)cc2)o1. The third-order valence-corrected chi connectivity index (χ3v) is 7.72. The Kier molecular flexibility index (Phi) is 4.55. The van der Waals surface area contributed by atoms with Gasteiger partial charge < -0.3 is 9.15 Å². The number of nitrogens with zero attached hydrogens (tertiary/aromatic N) is 2. The quantitative estimate of drug-likeness (QED) is 0.427. The van der Waals surface area contributed by atoms with Crippen molar-refractivity contribution < 1.29 is 13.9 Å². The second-order valence-electron chi connectivity index (χ2n) is 8.96. The zero-order valence-corrected chi connectivity index (χ0v) is 17.8. The van der Waals surface area contributed by atoms with Gasteiger partial charge in [-0.2, -0.15) is 0 Å². The summed E-state index contributed by atoms with van der Waals surface area (Å²) in [6.07, 6.45) is 7.75. The summed E-state index contributed by atoms with van der Waals surface area (Å²) in [6, 6.07) is 7.16. The molecule has 0 N–H and O–H groups in total. The van der Waals surface area contributed by atoms with Crippen molar-refractivity contribution in [1.82, 2.24) is 10.2 Å². The highest BCUT2D eigenvalue weighted by Gasteiger charge is 2.57. The van der Waals surface area contributed by atoms with Gasteiger partial charge in [0.05, 0.1) is 6.42 Å². The van der Waals surface area contributed by atoms with Crippen LogP contribution in [-0.2, 0) is 16.1 Å². The van der Waals surface area contributed by atoms with Crippen LogP contribution in [0.4, 0.5) is 0 Å². The number of hydrogen-bond acceptors (Lipinski definition) is 5. The van der Waals surface area contributed by atoms with Crippen molar-refractivity contribution in [1.29, 1.82) is 0 Å². The number of alkyl halides is 1. The van der Waals surface area contributed by atoms with Gasteiger partial charge in [-0.05, 0) is 80.0 Å². The standard InChI is InChI=1S/C21H22BrClN2O3/c22-21-8-13-5-14(9-21)7-20(6-13,12-21)10-18(26)27-11-17-24-25-19(28-17)15-1-3-16(23)4-2-15/h1-4,13-14H,5-12H2. The Labute approximate surface area is 177 Å². The van der Waals surface area contributed by atoms with Crippen LogP contribution in [-0.4, -0.2) is 20.5 Å². The van der Waals surface area contributed by atoms with Crippen molar-refractivity contribution in [2.45, 2.75) is 55.9 Å². The van der Waals surface area contributed by atoms with Crippen LogP contribution in [0.1, 0.15) is 50.8 Å². The van der Waals surface area contributed by atoms with Gasteiger partial charge in [0.25, 0.3) is 5.89 Å². The number of rotatable bonds is 5. The van der Waals surface area contributed by atoms with Crippen molar-refractivity contribution in [3.8, 4) is 11.5 Å². The Morgan fingerprint density at radius 1 is 1.18 bits per heavy atom. The van der Waals surface area contributed by atoms with Gasteiger partial charge in [-0.1, -0.05) is 27.5 Å². The Hall–Kier alpha value is -1.40. The summed E-state index contributed by atoms with van der Waals surface area (Å²) in [5.74, 6) is 2.05. The molecule has 0 saturated heterocycles. The zero-order valence-electron chi connectivity index (χ0n) is 15.5. The minimum atomic E-state index is -0.163. The fraction of sp³-hybridized carbons (Fsp3) is 0.571. The zero-order chi connectivity index (χ0) is 19.4. The van der Waals surface area contributed by atoms with Gasteiger partial charge in [0.2, 0.25) is 5.89 Å². The Morgan fingerprint density at radius 3 is 2.57 bits per heavy atom. The number of carbonyl (C=O) groups is 1. The number of carbonyl (C=O) groups excluding carboxylic acids is 1. The van der Waals surface area contributed by atoms with Crippen LogP contribution >= 0.6 is 27.5 Å². The second kappa shape index (κ2) is 6.84. The summed E-state index contributed by atoms with van der Waals surface area (Å²) in [6.45, 7) is 0.0157. The lowest BCUT2D eigenvalue weighted by Gasteiger charge is -2.60. The second-order valence-corrected chi connectivity index (χ2v) is 11.1. The molecule has 2 atom stereocenters. The number of benzene rings is 1. The van der Waals surface area contributed by atoms with Crippen molar-refractivity contribution in [2.24, 2.45) is 17.3 Å². The molecule has 7 heteroatoms. The summed E-state index contributed by atoms with van der Waals surface area (Å²) in [4.78, 5) is 12.6. The lowest BCUT2D eigenvalue weighted by atomic mass is 9.49. The van der Waals surface area contributed by atoms with Crippen LogP contribution in [0.5, 0.6) is 0 Å². The van der Waals surface area contributed by atoms with Crippen LogP contribution in [0, 0.1) is 17.3 Å². The van der Waals surface area contributed by atoms with Gasteiger partial charge in [0, 0.05) is 14.9 Å². The fourth-order valence-electron chi connectivity index (χ4n) is 6.06. The van der Waals surface area contributed by atoms with E-state index in [1.54, 1.807) is 12.1 Å². The summed E-state index contributed by atoms with van der Waals surface area (Å²) in [7, 11) is 0. The number of aromatic nitrogens is 2. The highest BCUT2D eigenvalue weighted by atomic mass is 79.9. The molecule has 5 nitrogen and oxygen atoms in total. The first-order valence-corrected chi connectivity index (χ1v) is 11.0. The van der Waals surface area contributed by atoms with E-state index in [2.05, 4.69) is 26.1 Å². The molecule has 6 rings (SSSR count). The summed E-state index contributed by atoms with van der Waals surface area (Å²) in [5.41, 5.74) is 0.888. The van der Waals surface area contributed by atoms with E-state index in [4.69, 9.17) is 20.8 Å². The summed E-state index contributed by atoms with van der Waals surface area (Å²) < 4.78 is 11.4. The summed E-state index contributed by atoms with van der Waals surface area (Å²) >= 11 is 9.89. The average Bonchev–Trinajstić information content (AvgIpc) is 3.07. The smallest absolute Gasteiger partial charge is 0.306 e. The van der Waals surface area contributed by atoms with E-state index in [1.165, 1.54) is 19.3 Å². The molecule has 0 aliphatic heterocycles. The van der Waals surface area contributed by atoms with Crippen molar-refractivity contribution >= 4 is 33.5 Å². The topological polar surface area (TPSA) is 65.2 Å². The Morgan fingerprint density at radius 2 is 1.89 bits per heavy atom. The third-order valence-electron chi connectivity index (χ3n) is 6.54. The highest BCUT2D eigenvalue weighted by Crippen LogP contribution is 2.65. The summed E-state index contributed by atoms with van der Waals surface area (Å²) in [5, 5.41) is 8.66. The third kappa shape index (κ3) is 3.61. The predicted octanol–water partition coefficient (Wildman–Crippen LogP) is 5.56. The molecular formula is C21H22BrClN2O3. The van der Waals surface area contributed by atoms with Crippen LogP contribution in [0.25, 0.3) is 11.5 Å². The van der Waals surface area contributed by atoms with Crippen LogP contribution in [0.3, 0.4) is 0 Å². The minimum Gasteiger partial charge on any atom is -0.456 e. The van der Waals surface area contributed by atoms with E-state index in [0.717, 1.165) is 36.7 Å². The fourth-order valence-corrected chi connectivity index (χ4v) is 7.70. The molecule has 0 amide bonds. The van der Waals surface area contributed by atoms with E-state index >= 15 is 0 Å². The molecule has 148 valence electrons. The lowest BCUT2D eigenvalue weighted by molar-refractivity contribution is -0.153. The molecule has 0 radical (unpaired) electrons. The molecule has 2 unspecified atom stereocenters. The molecular weight excluding hydrogens is 444 g/mol. The van der Waals surface area contributed by atoms with Crippen LogP contribution < -0.4 is 0 Å². The number of esters is 1. The molecule has 0 spiro atoms. The number of hydrogen-bond donors (Lipinski definition) is 0. The maximum Gasteiger partial charge on any atom is 0.306 e. The minimum absolute atomic E-state index is 0.0157. The van der Waals surface area contributed by atoms with E-state index in [9.17, 15) is 4.79 Å². The first kappa shape index (κ1) is 18.6. The number of ether oxygens (including phenoxy) is 1. The predicted molar refractivity (Wildman–Crippen MR) is 108 cm³/mol. The van der Waals surface area contributed by atoms with E-state index in [0.29, 0.717) is 23.2 Å². The molecule has 4 aliphatic carbocycles. The van der Waals surface area contributed by atoms with E-state index in [-0.39, 0.29) is 22.3 Å². The number of halogens is 2. The van der Waals surface area contributed by atoms with Crippen molar-refractivity contribution in [3.05, 3.63) is 35.2 Å². The van der Waals surface area contributed by atoms with Crippen molar-refractivity contribution in [3.63, 3.8) is 0 Å². The molecule has 1 aromatic carbocycles. The Bertz CT molecular complexity index is 883. The normalized spacial score (nSPS) is 33.2. The van der Waals surface area contributed by atoms with Crippen LogP contribution in [0.2, 0.25) is 5.02 Å². The van der Waals surface area contributed by atoms with Crippen molar-refractivity contribution in [2.75, 3.05) is 0 Å². The molecule has 1 heterocycles. The molecule has 4 fully saturated rings. The van der Waals surface area contributed by atoms with Gasteiger partial charge in [0.15, 0.2) is 6.61 Å². The molecule has 4 aliphatic rings. The maximum atomic E-state index is 12.6. The van der Waals surface area contributed by atoms with Gasteiger partial charge in [-0.3, -0.25) is 4.79 Å². The first-order valence-electron chi connectivity index (χ1n) is 9.83. The monoisotopic (exact) mass is 464 g/mol.